The van der Waals surface area contributed by atoms with E-state index in [2.05, 4.69) is 33.9 Å². The average molecular weight is 350 g/mol. The van der Waals surface area contributed by atoms with Gasteiger partial charge >= 0.3 is 0 Å². The Labute approximate surface area is 144 Å². The first-order valence-electron chi connectivity index (χ1n) is 8.03. The van der Waals surface area contributed by atoms with Crippen LogP contribution in [0.2, 0.25) is 18.1 Å². The predicted octanol–water partition coefficient (Wildman–Crippen LogP) is 4.59. The third-order valence-electron chi connectivity index (χ3n) is 4.84. The molecule has 0 fully saturated rings. The third kappa shape index (κ3) is 3.71. The van der Waals surface area contributed by atoms with Gasteiger partial charge in [-0.25, -0.2) is 5.06 Å². The molecule has 1 aromatic carbocycles. The van der Waals surface area contributed by atoms with Crippen molar-refractivity contribution in [2.45, 2.75) is 45.5 Å². The van der Waals surface area contributed by atoms with Crippen LogP contribution in [0.5, 0.6) is 0 Å². The lowest BCUT2D eigenvalue weighted by Crippen LogP contribution is -2.40. The Kier molecular flexibility index (Phi) is 5.22. The van der Waals surface area contributed by atoms with Crippen molar-refractivity contribution in [1.29, 1.82) is 0 Å². The number of benzene rings is 1. The molecule has 0 N–H and O–H groups in total. The first-order valence-corrected chi connectivity index (χ1v) is 10.9. The second-order valence-corrected chi connectivity index (χ2v) is 12.3. The third-order valence-corrected chi connectivity index (χ3v) is 9.31. The Morgan fingerprint density at radius 2 is 1.96 bits per heavy atom. The van der Waals surface area contributed by atoms with Crippen LogP contribution in [0.1, 0.15) is 36.7 Å². The Bertz CT molecular complexity index is 730. The quantitative estimate of drug-likeness (QED) is 0.585. The predicted molar refractivity (Wildman–Crippen MR) is 97.3 cm³/mol. The Balaban J connectivity index is 2.20. The molecule has 0 aliphatic heterocycles. The number of carbonyl (C=O) groups is 1. The highest BCUT2D eigenvalue weighted by atomic mass is 28.4. The van der Waals surface area contributed by atoms with E-state index in [0.29, 0.717) is 17.8 Å². The number of hydrogen-bond acceptors (Lipinski definition) is 4. The number of amides is 1. The lowest BCUT2D eigenvalue weighted by molar-refractivity contribution is -0.0756. The van der Waals surface area contributed by atoms with Gasteiger partial charge in [-0.1, -0.05) is 26.8 Å². The maximum absolute atomic E-state index is 12.2. The van der Waals surface area contributed by atoms with Gasteiger partial charge in [0.25, 0.3) is 5.91 Å². The van der Waals surface area contributed by atoms with Crippen LogP contribution in [0.4, 0.5) is 0 Å². The molecule has 1 heterocycles. The van der Waals surface area contributed by atoms with Gasteiger partial charge in [0, 0.05) is 12.4 Å². The van der Waals surface area contributed by atoms with Crippen molar-refractivity contribution in [3.8, 4) is 0 Å². The highest BCUT2D eigenvalue weighted by molar-refractivity contribution is 6.74. The summed E-state index contributed by atoms with van der Waals surface area (Å²) in [5.41, 5.74) is 2.21. The highest BCUT2D eigenvalue weighted by Gasteiger charge is 2.37. The van der Waals surface area contributed by atoms with Gasteiger partial charge in [0.2, 0.25) is 0 Å². The van der Waals surface area contributed by atoms with E-state index in [0.717, 1.165) is 10.9 Å². The van der Waals surface area contributed by atoms with E-state index in [1.54, 1.807) is 7.05 Å². The molecule has 0 unspecified atom stereocenters. The first kappa shape index (κ1) is 18.7. The van der Waals surface area contributed by atoms with Crippen molar-refractivity contribution in [3.63, 3.8) is 0 Å². The van der Waals surface area contributed by atoms with Crippen LogP contribution < -0.4 is 0 Å². The minimum Gasteiger partial charge on any atom is -0.463 e. The van der Waals surface area contributed by atoms with Crippen molar-refractivity contribution in [3.05, 3.63) is 35.6 Å². The van der Waals surface area contributed by atoms with Crippen LogP contribution in [0.15, 0.2) is 28.9 Å². The van der Waals surface area contributed by atoms with Crippen LogP contribution in [0.25, 0.3) is 11.0 Å². The molecule has 1 amide bonds. The number of furan rings is 1. The molecule has 2 aromatic rings. The Hall–Kier alpha value is -1.63. The zero-order valence-corrected chi connectivity index (χ0v) is 16.6. The van der Waals surface area contributed by atoms with Gasteiger partial charge in [0.1, 0.15) is 11.8 Å². The summed E-state index contributed by atoms with van der Waals surface area (Å²) in [5.74, 6) is -0.235. The van der Waals surface area contributed by atoms with Crippen molar-refractivity contribution in [2.24, 2.45) is 0 Å². The van der Waals surface area contributed by atoms with Gasteiger partial charge < -0.3 is 8.84 Å². The molecule has 0 aliphatic rings. The van der Waals surface area contributed by atoms with Gasteiger partial charge in [-0.2, -0.15) is 0 Å². The number of fused-ring (bicyclic) bond motifs is 1. The van der Waals surface area contributed by atoms with Crippen molar-refractivity contribution in [2.75, 3.05) is 14.2 Å². The molecule has 0 radical (unpaired) electrons. The molecule has 0 atom stereocenters. The molecule has 0 aliphatic carbocycles. The normalized spacial score (nSPS) is 12.6. The van der Waals surface area contributed by atoms with E-state index >= 15 is 0 Å². The minimum atomic E-state index is -1.80. The molecule has 0 saturated heterocycles. The SMILES string of the molecule is CON(C)C(=O)c1coc2cc(CO[Si](C)(C)C(C)(C)C)ccc12. The summed E-state index contributed by atoms with van der Waals surface area (Å²) < 4.78 is 11.8. The summed E-state index contributed by atoms with van der Waals surface area (Å²) in [4.78, 5) is 17.2. The summed E-state index contributed by atoms with van der Waals surface area (Å²) in [5, 5.41) is 2.13. The monoisotopic (exact) mass is 349 g/mol. The van der Waals surface area contributed by atoms with Crippen LogP contribution in [0, 0.1) is 0 Å². The van der Waals surface area contributed by atoms with Crippen LogP contribution in [0.3, 0.4) is 0 Å². The van der Waals surface area contributed by atoms with Gasteiger partial charge in [-0.05, 0) is 35.8 Å². The van der Waals surface area contributed by atoms with Crippen molar-refractivity contribution < 1.29 is 18.5 Å². The largest absolute Gasteiger partial charge is 0.463 e. The molecule has 2 rings (SSSR count). The summed E-state index contributed by atoms with van der Waals surface area (Å²) >= 11 is 0. The fourth-order valence-electron chi connectivity index (χ4n) is 2.06. The zero-order valence-electron chi connectivity index (χ0n) is 15.6. The van der Waals surface area contributed by atoms with E-state index in [-0.39, 0.29) is 10.9 Å². The number of carbonyl (C=O) groups excluding carboxylic acids is 1. The number of hydroxylamine groups is 2. The summed E-state index contributed by atoms with van der Waals surface area (Å²) in [6, 6.07) is 5.82. The fraction of sp³-hybridized carbons (Fsp3) is 0.500. The van der Waals surface area contributed by atoms with Gasteiger partial charge in [0.15, 0.2) is 8.32 Å². The number of hydrogen-bond donors (Lipinski definition) is 0. The maximum Gasteiger partial charge on any atom is 0.281 e. The van der Waals surface area contributed by atoms with E-state index in [4.69, 9.17) is 13.7 Å². The first-order chi connectivity index (χ1) is 11.1. The molecular weight excluding hydrogens is 322 g/mol. The summed E-state index contributed by atoms with van der Waals surface area (Å²) in [6.07, 6.45) is 1.47. The van der Waals surface area contributed by atoms with Crippen molar-refractivity contribution in [1.82, 2.24) is 5.06 Å². The highest BCUT2D eigenvalue weighted by Crippen LogP contribution is 2.37. The van der Waals surface area contributed by atoms with Crippen LogP contribution in [-0.4, -0.2) is 33.4 Å². The molecule has 6 heteroatoms. The van der Waals surface area contributed by atoms with Gasteiger partial charge in [-0.15, -0.1) is 0 Å². The van der Waals surface area contributed by atoms with Gasteiger partial charge in [0.05, 0.1) is 19.3 Å². The molecule has 24 heavy (non-hydrogen) atoms. The second-order valence-electron chi connectivity index (χ2n) is 7.51. The molecule has 0 bridgehead atoms. The number of nitrogens with zero attached hydrogens (tertiary/aromatic N) is 1. The van der Waals surface area contributed by atoms with Crippen LogP contribution in [-0.2, 0) is 15.9 Å². The molecule has 1 aromatic heterocycles. The van der Waals surface area contributed by atoms with E-state index in [1.165, 1.54) is 18.4 Å². The van der Waals surface area contributed by atoms with Crippen LogP contribution >= 0.6 is 0 Å². The second kappa shape index (κ2) is 6.70. The van der Waals surface area contributed by atoms with E-state index in [1.807, 2.05) is 18.2 Å². The maximum atomic E-state index is 12.2. The molecule has 5 nitrogen and oxygen atoms in total. The average Bonchev–Trinajstić information content (AvgIpc) is 2.93. The summed E-state index contributed by atoms with van der Waals surface area (Å²) in [7, 11) is 1.23. The molecule has 132 valence electrons. The molecular formula is C18H27NO4Si. The van der Waals surface area contributed by atoms with E-state index < -0.39 is 8.32 Å². The lowest BCUT2D eigenvalue weighted by atomic mass is 10.1. The molecule has 0 saturated carbocycles. The smallest absolute Gasteiger partial charge is 0.281 e. The van der Waals surface area contributed by atoms with Gasteiger partial charge in [-0.3, -0.25) is 9.63 Å². The molecule has 0 spiro atoms. The zero-order chi connectivity index (χ0) is 18.1. The lowest BCUT2D eigenvalue weighted by Gasteiger charge is -2.36. The number of rotatable bonds is 5. The Morgan fingerprint density at radius 1 is 1.29 bits per heavy atom. The minimum absolute atomic E-state index is 0.173. The van der Waals surface area contributed by atoms with E-state index in [9.17, 15) is 4.79 Å². The Morgan fingerprint density at radius 3 is 2.54 bits per heavy atom. The standard InChI is InChI=1S/C18H27NO4Si/c1-18(2,3)24(6,7)23-11-13-8-9-14-15(12-22-16(14)10-13)17(20)19(4)21-5/h8-10,12H,11H2,1-7H3. The fourth-order valence-corrected chi connectivity index (χ4v) is 3.02. The van der Waals surface area contributed by atoms with Crippen molar-refractivity contribution >= 4 is 25.2 Å². The topological polar surface area (TPSA) is 51.9 Å². The summed E-state index contributed by atoms with van der Waals surface area (Å²) in [6.45, 7) is 11.7.